The van der Waals surface area contributed by atoms with Crippen LogP contribution in [0.15, 0.2) is 27.4 Å². The summed E-state index contributed by atoms with van der Waals surface area (Å²) in [5.41, 5.74) is 8.09. The van der Waals surface area contributed by atoms with Gasteiger partial charge in [0.2, 0.25) is 0 Å². The molecule has 4 nitrogen and oxygen atoms in total. The SMILES string of the molecule is Cc1occc1C(N)c1c(Br)cnn1C. The zero-order valence-corrected chi connectivity index (χ0v) is 10.2. The fourth-order valence-electron chi connectivity index (χ4n) is 1.63. The fourth-order valence-corrected chi connectivity index (χ4v) is 2.23. The van der Waals surface area contributed by atoms with Crippen LogP contribution in [0.5, 0.6) is 0 Å². The minimum Gasteiger partial charge on any atom is -0.469 e. The smallest absolute Gasteiger partial charge is 0.105 e. The third kappa shape index (κ3) is 1.72. The highest BCUT2D eigenvalue weighted by Crippen LogP contribution is 2.28. The van der Waals surface area contributed by atoms with Gasteiger partial charge in [-0.25, -0.2) is 0 Å². The molecule has 0 bridgehead atoms. The van der Waals surface area contributed by atoms with Crippen molar-refractivity contribution >= 4 is 15.9 Å². The first kappa shape index (κ1) is 10.4. The number of aryl methyl sites for hydroxylation is 2. The summed E-state index contributed by atoms with van der Waals surface area (Å²) in [6.07, 6.45) is 3.39. The van der Waals surface area contributed by atoms with E-state index in [1.807, 2.05) is 20.0 Å². The van der Waals surface area contributed by atoms with Gasteiger partial charge >= 0.3 is 0 Å². The number of nitrogens with zero attached hydrogens (tertiary/aromatic N) is 2. The highest BCUT2D eigenvalue weighted by molar-refractivity contribution is 9.10. The Hall–Kier alpha value is -1.07. The Kier molecular flexibility index (Phi) is 2.67. The second-order valence-electron chi connectivity index (χ2n) is 3.41. The number of furan rings is 1. The van der Waals surface area contributed by atoms with Crippen LogP contribution >= 0.6 is 15.9 Å². The Labute approximate surface area is 96.2 Å². The lowest BCUT2D eigenvalue weighted by Gasteiger charge is -2.11. The molecule has 0 radical (unpaired) electrons. The van der Waals surface area contributed by atoms with Gasteiger partial charge in [-0.05, 0) is 28.9 Å². The number of hydrogen-bond acceptors (Lipinski definition) is 3. The van der Waals surface area contributed by atoms with Gasteiger partial charge in [-0.15, -0.1) is 0 Å². The first-order valence-electron chi connectivity index (χ1n) is 4.58. The van der Waals surface area contributed by atoms with Crippen molar-refractivity contribution in [2.75, 3.05) is 0 Å². The number of halogens is 1. The van der Waals surface area contributed by atoms with Crippen LogP contribution in [0.1, 0.15) is 23.1 Å². The molecule has 1 atom stereocenters. The minimum absolute atomic E-state index is 0.217. The van der Waals surface area contributed by atoms with Crippen LogP contribution in [0, 0.1) is 6.92 Å². The molecule has 0 spiro atoms. The quantitative estimate of drug-likeness (QED) is 0.909. The van der Waals surface area contributed by atoms with Crippen molar-refractivity contribution in [2.24, 2.45) is 12.8 Å². The molecule has 2 rings (SSSR count). The van der Waals surface area contributed by atoms with E-state index in [2.05, 4.69) is 21.0 Å². The Morgan fingerprint density at radius 1 is 1.60 bits per heavy atom. The fraction of sp³-hybridized carbons (Fsp3) is 0.300. The van der Waals surface area contributed by atoms with E-state index in [-0.39, 0.29) is 6.04 Å². The summed E-state index contributed by atoms with van der Waals surface area (Å²) in [4.78, 5) is 0. The van der Waals surface area contributed by atoms with Crippen molar-refractivity contribution in [3.63, 3.8) is 0 Å². The predicted molar refractivity (Wildman–Crippen MR) is 60.4 cm³/mol. The molecule has 2 heterocycles. The highest BCUT2D eigenvalue weighted by atomic mass is 79.9. The van der Waals surface area contributed by atoms with Crippen LogP contribution in [-0.4, -0.2) is 9.78 Å². The molecular weight excluding hydrogens is 258 g/mol. The van der Waals surface area contributed by atoms with E-state index in [1.54, 1.807) is 17.1 Å². The molecule has 1 unspecified atom stereocenters. The molecule has 2 aromatic rings. The molecule has 15 heavy (non-hydrogen) atoms. The Bertz CT molecular complexity index is 455. The van der Waals surface area contributed by atoms with Gasteiger partial charge in [-0.3, -0.25) is 4.68 Å². The van der Waals surface area contributed by atoms with Crippen LogP contribution in [0.4, 0.5) is 0 Å². The molecule has 0 saturated heterocycles. The number of aromatic nitrogens is 2. The molecule has 0 saturated carbocycles. The van der Waals surface area contributed by atoms with Crippen molar-refractivity contribution in [1.82, 2.24) is 9.78 Å². The van der Waals surface area contributed by atoms with Crippen LogP contribution in [0.2, 0.25) is 0 Å². The summed E-state index contributed by atoms with van der Waals surface area (Å²) in [5, 5.41) is 4.14. The van der Waals surface area contributed by atoms with Gasteiger partial charge in [0.1, 0.15) is 5.76 Å². The van der Waals surface area contributed by atoms with Gasteiger partial charge in [-0.2, -0.15) is 5.10 Å². The molecule has 0 aliphatic rings. The first-order valence-corrected chi connectivity index (χ1v) is 5.37. The largest absolute Gasteiger partial charge is 0.469 e. The standard InChI is InChI=1S/C10H12BrN3O/c1-6-7(3-4-15-6)9(12)10-8(11)5-13-14(10)2/h3-5,9H,12H2,1-2H3. The van der Waals surface area contributed by atoms with E-state index in [0.717, 1.165) is 21.5 Å². The third-order valence-corrected chi connectivity index (χ3v) is 3.08. The molecule has 80 valence electrons. The zero-order chi connectivity index (χ0) is 11.0. The van der Waals surface area contributed by atoms with Crippen LogP contribution in [0.3, 0.4) is 0 Å². The molecule has 2 aromatic heterocycles. The van der Waals surface area contributed by atoms with E-state index in [0.29, 0.717) is 0 Å². The number of nitrogens with two attached hydrogens (primary N) is 1. The molecular formula is C10H12BrN3O. The molecule has 0 aromatic carbocycles. The average molecular weight is 270 g/mol. The molecule has 0 fully saturated rings. The predicted octanol–water partition coefficient (Wildman–Crippen LogP) is 2.13. The van der Waals surface area contributed by atoms with Gasteiger partial charge in [0.15, 0.2) is 0 Å². The van der Waals surface area contributed by atoms with Crippen LogP contribution in [0.25, 0.3) is 0 Å². The molecule has 0 aliphatic heterocycles. The normalized spacial score (nSPS) is 13.1. The van der Waals surface area contributed by atoms with Crippen molar-refractivity contribution in [1.29, 1.82) is 0 Å². The summed E-state index contributed by atoms with van der Waals surface area (Å²) in [6, 6.07) is 1.67. The number of rotatable bonds is 2. The third-order valence-electron chi connectivity index (χ3n) is 2.47. The first-order chi connectivity index (χ1) is 7.11. The molecule has 0 amide bonds. The van der Waals surface area contributed by atoms with Crippen molar-refractivity contribution < 1.29 is 4.42 Å². The van der Waals surface area contributed by atoms with Gasteiger partial charge < -0.3 is 10.2 Å². The Balaban J connectivity index is 2.45. The summed E-state index contributed by atoms with van der Waals surface area (Å²) in [5.74, 6) is 0.843. The van der Waals surface area contributed by atoms with Crippen LogP contribution in [-0.2, 0) is 7.05 Å². The van der Waals surface area contributed by atoms with Crippen molar-refractivity contribution in [3.8, 4) is 0 Å². The Morgan fingerprint density at radius 3 is 2.80 bits per heavy atom. The molecule has 0 aliphatic carbocycles. The molecule has 5 heteroatoms. The van der Waals surface area contributed by atoms with E-state index in [1.165, 1.54) is 0 Å². The monoisotopic (exact) mass is 269 g/mol. The number of hydrogen-bond donors (Lipinski definition) is 1. The zero-order valence-electron chi connectivity index (χ0n) is 8.57. The topological polar surface area (TPSA) is 57.0 Å². The van der Waals surface area contributed by atoms with E-state index < -0.39 is 0 Å². The van der Waals surface area contributed by atoms with Gasteiger partial charge in [0.25, 0.3) is 0 Å². The Morgan fingerprint density at radius 2 is 2.33 bits per heavy atom. The molecule has 2 N–H and O–H groups in total. The maximum absolute atomic E-state index is 6.16. The van der Waals surface area contributed by atoms with Gasteiger partial charge in [-0.1, -0.05) is 0 Å². The van der Waals surface area contributed by atoms with Crippen molar-refractivity contribution in [2.45, 2.75) is 13.0 Å². The van der Waals surface area contributed by atoms with E-state index in [9.17, 15) is 0 Å². The minimum atomic E-state index is -0.217. The maximum Gasteiger partial charge on any atom is 0.105 e. The van der Waals surface area contributed by atoms with Crippen molar-refractivity contribution in [3.05, 3.63) is 40.0 Å². The van der Waals surface area contributed by atoms with Gasteiger partial charge in [0, 0.05) is 12.6 Å². The summed E-state index contributed by atoms with van der Waals surface area (Å²) >= 11 is 3.43. The summed E-state index contributed by atoms with van der Waals surface area (Å²) in [6.45, 7) is 1.90. The van der Waals surface area contributed by atoms with E-state index in [4.69, 9.17) is 10.2 Å². The van der Waals surface area contributed by atoms with Crippen LogP contribution < -0.4 is 5.73 Å². The lowest BCUT2D eigenvalue weighted by atomic mass is 10.1. The van der Waals surface area contributed by atoms with Gasteiger partial charge in [0.05, 0.1) is 28.7 Å². The second kappa shape index (κ2) is 3.83. The second-order valence-corrected chi connectivity index (χ2v) is 4.27. The van der Waals surface area contributed by atoms with E-state index >= 15 is 0 Å². The highest BCUT2D eigenvalue weighted by Gasteiger charge is 2.19. The summed E-state index contributed by atoms with van der Waals surface area (Å²) < 4.78 is 7.92. The maximum atomic E-state index is 6.16. The lowest BCUT2D eigenvalue weighted by molar-refractivity contribution is 0.525. The summed E-state index contributed by atoms with van der Waals surface area (Å²) in [7, 11) is 1.87. The average Bonchev–Trinajstić information content (AvgIpc) is 2.73. The lowest BCUT2D eigenvalue weighted by Crippen LogP contribution is -2.16.